The molecule has 0 aliphatic carbocycles. The van der Waals surface area contributed by atoms with Crippen LogP contribution in [0.2, 0.25) is 0 Å². The minimum atomic E-state index is -0.811. The van der Waals surface area contributed by atoms with Crippen LogP contribution < -0.4 is 11.5 Å². The Morgan fingerprint density at radius 1 is 0.708 bits per heavy atom. The number of phenols is 2. The summed E-state index contributed by atoms with van der Waals surface area (Å²) in [6.45, 7) is 2.43. The number of anilines is 2. The van der Waals surface area contributed by atoms with Crippen LogP contribution in [0, 0.1) is 0 Å². The summed E-state index contributed by atoms with van der Waals surface area (Å²) in [5.41, 5.74) is 10.8. The first-order chi connectivity index (χ1) is 11.1. The third-order valence-corrected chi connectivity index (χ3v) is 3.51. The van der Waals surface area contributed by atoms with E-state index in [1.165, 1.54) is 38.1 Å². The van der Waals surface area contributed by atoms with E-state index in [1.54, 1.807) is 0 Å². The zero-order valence-electron chi connectivity index (χ0n) is 13.1. The van der Waals surface area contributed by atoms with Crippen LogP contribution in [0.1, 0.15) is 50.5 Å². The topological polar surface area (TPSA) is 144 Å². The summed E-state index contributed by atoms with van der Waals surface area (Å²) >= 11 is 0. The number of Topliss-reactive ketones (excluding diaryl/α,β-unsaturated/α-hetero) is 2. The largest absolute Gasteiger partial charge is 0.506 e. The lowest BCUT2D eigenvalue weighted by molar-refractivity contribution is 0.100. The molecule has 124 valence electrons. The van der Waals surface area contributed by atoms with Crippen molar-refractivity contribution in [1.82, 2.24) is 0 Å². The molecule has 0 bridgehead atoms. The van der Waals surface area contributed by atoms with Gasteiger partial charge in [-0.25, -0.2) is 0 Å². The zero-order chi connectivity index (χ0) is 18.2. The zero-order valence-corrected chi connectivity index (χ0v) is 13.1. The number of aromatic hydroxyl groups is 2. The van der Waals surface area contributed by atoms with Crippen LogP contribution >= 0.6 is 0 Å². The van der Waals surface area contributed by atoms with Crippen molar-refractivity contribution in [3.63, 3.8) is 0 Å². The van der Waals surface area contributed by atoms with Crippen molar-refractivity contribution in [1.29, 1.82) is 0 Å². The molecule has 0 atom stereocenters. The molecule has 0 saturated heterocycles. The van der Waals surface area contributed by atoms with Crippen molar-refractivity contribution in [3.8, 4) is 11.5 Å². The molecule has 0 aliphatic rings. The predicted molar refractivity (Wildman–Crippen MR) is 88.5 cm³/mol. The maximum Gasteiger partial charge on any atom is 0.200 e. The third-order valence-electron chi connectivity index (χ3n) is 3.51. The van der Waals surface area contributed by atoms with E-state index in [2.05, 4.69) is 0 Å². The Kier molecular flexibility index (Phi) is 4.28. The molecule has 0 heterocycles. The van der Waals surface area contributed by atoms with Crippen molar-refractivity contribution < 1.29 is 24.6 Å². The molecular weight excluding hydrogens is 312 g/mol. The van der Waals surface area contributed by atoms with Gasteiger partial charge in [0.15, 0.2) is 11.6 Å². The number of carbonyl (C=O) groups is 3. The second-order valence-corrected chi connectivity index (χ2v) is 5.37. The van der Waals surface area contributed by atoms with Crippen LogP contribution in [0.5, 0.6) is 11.5 Å². The van der Waals surface area contributed by atoms with Gasteiger partial charge in [-0.05, 0) is 38.1 Å². The minimum Gasteiger partial charge on any atom is -0.506 e. The molecule has 2 rings (SSSR count). The molecule has 0 spiro atoms. The molecule has 24 heavy (non-hydrogen) atoms. The number of rotatable bonds is 4. The standard InChI is InChI=1S/C17H16N2O5/c1-7(20)11-3-9(18)5-13(15(11)22)17(24)14-6-10(19)4-12(8(2)21)16(14)23/h3-6,22-23H,18-19H2,1-2H3. The first kappa shape index (κ1) is 17.0. The van der Waals surface area contributed by atoms with Crippen molar-refractivity contribution >= 4 is 28.7 Å². The summed E-state index contributed by atoms with van der Waals surface area (Å²) in [7, 11) is 0. The second-order valence-electron chi connectivity index (χ2n) is 5.37. The first-order valence-corrected chi connectivity index (χ1v) is 6.95. The average Bonchev–Trinajstić information content (AvgIpc) is 2.49. The highest BCUT2D eigenvalue weighted by Gasteiger charge is 2.24. The Balaban J connectivity index is 2.71. The Hall–Kier alpha value is -3.35. The van der Waals surface area contributed by atoms with Gasteiger partial charge in [-0.1, -0.05) is 0 Å². The lowest BCUT2D eigenvalue weighted by atomic mass is 9.94. The van der Waals surface area contributed by atoms with Crippen molar-refractivity contribution in [3.05, 3.63) is 46.5 Å². The molecule has 7 heteroatoms. The highest BCUT2D eigenvalue weighted by atomic mass is 16.3. The quantitative estimate of drug-likeness (QED) is 0.381. The summed E-state index contributed by atoms with van der Waals surface area (Å²) in [4.78, 5) is 35.8. The van der Waals surface area contributed by atoms with Gasteiger partial charge in [0.25, 0.3) is 0 Å². The fourth-order valence-electron chi connectivity index (χ4n) is 2.34. The summed E-state index contributed by atoms with van der Waals surface area (Å²) in [5, 5.41) is 20.4. The Bertz CT molecular complexity index is 816. The second kappa shape index (κ2) is 6.04. The fourth-order valence-corrected chi connectivity index (χ4v) is 2.34. The number of benzene rings is 2. The van der Waals surface area contributed by atoms with Gasteiger partial charge >= 0.3 is 0 Å². The molecule has 0 fully saturated rings. The molecule has 0 aromatic heterocycles. The average molecular weight is 328 g/mol. The van der Waals surface area contributed by atoms with E-state index in [0.717, 1.165) is 0 Å². The molecule has 6 N–H and O–H groups in total. The van der Waals surface area contributed by atoms with Crippen molar-refractivity contribution in [2.75, 3.05) is 11.5 Å². The number of hydrogen-bond acceptors (Lipinski definition) is 7. The van der Waals surface area contributed by atoms with Gasteiger partial charge < -0.3 is 21.7 Å². The van der Waals surface area contributed by atoms with E-state index >= 15 is 0 Å². The number of nitrogens with two attached hydrogens (primary N) is 2. The van der Waals surface area contributed by atoms with Crippen LogP contribution in [0.3, 0.4) is 0 Å². The van der Waals surface area contributed by atoms with E-state index in [4.69, 9.17) is 11.5 Å². The van der Waals surface area contributed by atoms with Gasteiger partial charge in [0, 0.05) is 11.4 Å². The summed E-state index contributed by atoms with van der Waals surface area (Å²) < 4.78 is 0. The number of phenolic OH excluding ortho intramolecular Hbond substituents is 2. The van der Waals surface area contributed by atoms with Crippen LogP contribution in [-0.2, 0) is 0 Å². The monoisotopic (exact) mass is 328 g/mol. The Morgan fingerprint density at radius 2 is 1.00 bits per heavy atom. The highest BCUT2D eigenvalue weighted by molar-refractivity contribution is 6.16. The fraction of sp³-hybridized carbons (Fsp3) is 0.118. The molecule has 0 saturated carbocycles. The summed E-state index contributed by atoms with van der Waals surface area (Å²) in [6, 6.07) is 4.85. The van der Waals surface area contributed by atoms with Crippen LogP contribution in [0.15, 0.2) is 24.3 Å². The van der Waals surface area contributed by atoms with Gasteiger partial charge in [-0.3, -0.25) is 14.4 Å². The molecule has 2 aromatic rings. The van der Waals surface area contributed by atoms with Crippen LogP contribution in [-0.4, -0.2) is 27.6 Å². The molecule has 7 nitrogen and oxygen atoms in total. The lowest BCUT2D eigenvalue weighted by Gasteiger charge is -2.12. The SMILES string of the molecule is CC(=O)c1cc(N)cc(C(=O)c2cc(N)cc(C(C)=O)c2O)c1O. The summed E-state index contributed by atoms with van der Waals surface area (Å²) in [5.74, 6) is -2.86. The van der Waals surface area contributed by atoms with E-state index in [1.807, 2.05) is 0 Å². The van der Waals surface area contributed by atoms with E-state index < -0.39 is 28.8 Å². The normalized spacial score (nSPS) is 10.4. The molecule has 2 aromatic carbocycles. The van der Waals surface area contributed by atoms with Gasteiger partial charge in [-0.15, -0.1) is 0 Å². The van der Waals surface area contributed by atoms with Crippen molar-refractivity contribution in [2.45, 2.75) is 13.8 Å². The van der Waals surface area contributed by atoms with Crippen LogP contribution in [0.25, 0.3) is 0 Å². The number of carbonyl (C=O) groups excluding carboxylic acids is 3. The Labute approximate surface area is 137 Å². The molecule has 0 radical (unpaired) electrons. The van der Waals surface area contributed by atoms with Gasteiger partial charge in [-0.2, -0.15) is 0 Å². The molecule has 0 unspecified atom stereocenters. The van der Waals surface area contributed by atoms with E-state index in [-0.39, 0.29) is 33.6 Å². The highest BCUT2D eigenvalue weighted by Crippen LogP contribution is 2.33. The lowest BCUT2D eigenvalue weighted by Crippen LogP contribution is -2.09. The van der Waals surface area contributed by atoms with Gasteiger partial charge in [0.2, 0.25) is 5.78 Å². The number of hydrogen-bond donors (Lipinski definition) is 4. The van der Waals surface area contributed by atoms with E-state index in [0.29, 0.717) is 0 Å². The maximum atomic E-state index is 12.7. The predicted octanol–water partition coefficient (Wildman–Crippen LogP) is 1.90. The number of nitrogen functional groups attached to an aromatic ring is 2. The summed E-state index contributed by atoms with van der Waals surface area (Å²) in [6.07, 6.45) is 0. The van der Waals surface area contributed by atoms with E-state index in [9.17, 15) is 24.6 Å². The molecule has 0 aliphatic heterocycles. The third kappa shape index (κ3) is 2.91. The minimum absolute atomic E-state index is 0.0940. The van der Waals surface area contributed by atoms with Gasteiger partial charge in [0.1, 0.15) is 11.5 Å². The first-order valence-electron chi connectivity index (χ1n) is 6.95. The van der Waals surface area contributed by atoms with Crippen molar-refractivity contribution in [2.24, 2.45) is 0 Å². The molecular formula is C17H16N2O5. The maximum absolute atomic E-state index is 12.7. The number of ketones is 3. The Morgan fingerprint density at radius 3 is 1.29 bits per heavy atom. The van der Waals surface area contributed by atoms with Gasteiger partial charge in [0.05, 0.1) is 22.3 Å². The molecule has 0 amide bonds. The smallest absolute Gasteiger partial charge is 0.200 e. The van der Waals surface area contributed by atoms with Crippen LogP contribution in [0.4, 0.5) is 11.4 Å².